The first-order valence-electron chi connectivity index (χ1n) is 7.81. The van der Waals surface area contributed by atoms with Crippen molar-refractivity contribution in [1.82, 2.24) is 0 Å². The number of carbonyl (C=O) groups is 1. The Hall–Kier alpha value is -3.05. The third kappa shape index (κ3) is 3.78. The van der Waals surface area contributed by atoms with Crippen LogP contribution in [-0.2, 0) is 9.53 Å². The second kappa shape index (κ2) is 7.89. The highest BCUT2D eigenvalue weighted by molar-refractivity contribution is 6.34. The molecule has 132 valence electrons. The predicted molar refractivity (Wildman–Crippen MR) is 101 cm³/mol. The Balaban J connectivity index is 1.91. The molecule has 0 aromatic heterocycles. The molecule has 0 spiro atoms. The number of carbonyl (C=O) groups excluding carboxylic acids is 1. The second-order valence-electron chi connectivity index (χ2n) is 5.33. The van der Waals surface area contributed by atoms with Gasteiger partial charge in [-0.2, -0.15) is 0 Å². The zero-order chi connectivity index (χ0) is 18.5. The van der Waals surface area contributed by atoms with Crippen LogP contribution in [0.25, 0.3) is 6.08 Å². The van der Waals surface area contributed by atoms with Gasteiger partial charge in [-0.1, -0.05) is 42.5 Å². The lowest BCUT2D eigenvalue weighted by atomic mass is 10.1. The molecule has 0 fully saturated rings. The average Bonchev–Trinajstić information content (AvgIpc) is 3.01. The molecule has 1 heterocycles. The molecule has 2 aromatic carbocycles. The van der Waals surface area contributed by atoms with E-state index in [4.69, 9.17) is 25.8 Å². The number of halogens is 1. The fourth-order valence-corrected chi connectivity index (χ4v) is 2.58. The van der Waals surface area contributed by atoms with Crippen molar-refractivity contribution in [1.29, 1.82) is 0 Å². The zero-order valence-corrected chi connectivity index (χ0v) is 14.8. The largest absolute Gasteiger partial charge is 0.493 e. The molecule has 0 aliphatic carbocycles. The van der Waals surface area contributed by atoms with Gasteiger partial charge in [0.1, 0.15) is 6.61 Å². The van der Waals surface area contributed by atoms with Crippen molar-refractivity contribution >= 4 is 29.5 Å². The Labute approximate surface area is 156 Å². The van der Waals surface area contributed by atoms with Crippen LogP contribution in [0, 0.1) is 0 Å². The summed E-state index contributed by atoms with van der Waals surface area (Å²) >= 11 is 6.13. The van der Waals surface area contributed by atoms with E-state index in [1.54, 1.807) is 61.7 Å². The molecule has 0 radical (unpaired) electrons. The first kappa shape index (κ1) is 17.8. The number of benzene rings is 2. The van der Waals surface area contributed by atoms with Gasteiger partial charge in [0.25, 0.3) is 0 Å². The molecular weight excluding hydrogens is 354 g/mol. The van der Waals surface area contributed by atoms with E-state index in [0.717, 1.165) is 5.56 Å². The molecule has 0 atom stereocenters. The highest BCUT2D eigenvalue weighted by Crippen LogP contribution is 2.30. The summed E-state index contributed by atoms with van der Waals surface area (Å²) in [5.41, 5.74) is 1.47. The van der Waals surface area contributed by atoms with Crippen molar-refractivity contribution in [3.05, 3.63) is 77.0 Å². The lowest BCUT2D eigenvalue weighted by molar-refractivity contribution is -0.129. The van der Waals surface area contributed by atoms with Crippen LogP contribution in [0.2, 0.25) is 5.02 Å². The van der Waals surface area contributed by atoms with E-state index in [1.807, 2.05) is 0 Å². The van der Waals surface area contributed by atoms with Crippen molar-refractivity contribution in [3.63, 3.8) is 0 Å². The van der Waals surface area contributed by atoms with Crippen molar-refractivity contribution < 1.29 is 19.0 Å². The van der Waals surface area contributed by atoms with Crippen molar-refractivity contribution in [2.24, 2.45) is 4.99 Å². The predicted octanol–water partition coefficient (Wildman–Crippen LogP) is 4.26. The van der Waals surface area contributed by atoms with Crippen molar-refractivity contribution in [3.8, 4) is 11.5 Å². The maximum absolute atomic E-state index is 12.1. The summed E-state index contributed by atoms with van der Waals surface area (Å²) in [6.45, 7) is 3.98. The number of aliphatic imine (C=N–C) groups is 1. The quantitative estimate of drug-likeness (QED) is 0.433. The number of esters is 1. The standard InChI is InChI=1S/C20H16ClNO4/c1-3-10-25-17-9-8-13(12-18(17)24-2)11-16-20(23)26-19(22-16)14-6-4-5-7-15(14)21/h3-9,11-12H,1,10H2,2H3. The molecule has 3 rings (SSSR count). The average molecular weight is 370 g/mol. The van der Waals surface area contributed by atoms with E-state index < -0.39 is 5.97 Å². The van der Waals surface area contributed by atoms with Crippen LogP contribution in [0.5, 0.6) is 11.5 Å². The van der Waals surface area contributed by atoms with E-state index in [9.17, 15) is 4.79 Å². The molecule has 0 saturated carbocycles. The van der Waals surface area contributed by atoms with Gasteiger partial charge in [-0.15, -0.1) is 0 Å². The molecule has 6 heteroatoms. The lowest BCUT2D eigenvalue weighted by Crippen LogP contribution is -2.05. The molecule has 5 nitrogen and oxygen atoms in total. The zero-order valence-electron chi connectivity index (χ0n) is 14.1. The summed E-state index contributed by atoms with van der Waals surface area (Å²) in [5, 5.41) is 0.464. The molecule has 0 unspecified atom stereocenters. The first-order chi connectivity index (χ1) is 12.6. The minimum Gasteiger partial charge on any atom is -0.493 e. The Bertz CT molecular complexity index is 918. The number of rotatable bonds is 6. The number of hydrogen-bond donors (Lipinski definition) is 0. The third-order valence-corrected chi connectivity index (χ3v) is 3.90. The van der Waals surface area contributed by atoms with E-state index in [2.05, 4.69) is 11.6 Å². The molecule has 0 amide bonds. The van der Waals surface area contributed by atoms with Crippen LogP contribution in [0.4, 0.5) is 0 Å². The maximum Gasteiger partial charge on any atom is 0.363 e. The van der Waals surface area contributed by atoms with Gasteiger partial charge in [0.05, 0.1) is 17.7 Å². The monoisotopic (exact) mass is 369 g/mol. The number of cyclic esters (lactones) is 1. The van der Waals surface area contributed by atoms with E-state index in [-0.39, 0.29) is 11.6 Å². The molecule has 0 N–H and O–H groups in total. The summed E-state index contributed by atoms with van der Waals surface area (Å²) in [6.07, 6.45) is 3.26. The van der Waals surface area contributed by atoms with Gasteiger partial charge < -0.3 is 14.2 Å². The van der Waals surface area contributed by atoms with Crippen LogP contribution in [0.15, 0.2) is 65.8 Å². The summed E-state index contributed by atoms with van der Waals surface area (Å²) in [6, 6.07) is 12.3. The van der Waals surface area contributed by atoms with E-state index in [0.29, 0.717) is 28.7 Å². The summed E-state index contributed by atoms with van der Waals surface area (Å²) in [5.74, 6) is 0.780. The molecule has 0 saturated heterocycles. The minimum atomic E-state index is -0.536. The Morgan fingerprint density at radius 1 is 1.23 bits per heavy atom. The SMILES string of the molecule is C=CCOc1ccc(C=C2N=C(c3ccccc3Cl)OC2=O)cc1OC. The Morgan fingerprint density at radius 3 is 2.77 bits per heavy atom. The van der Waals surface area contributed by atoms with Gasteiger partial charge >= 0.3 is 5.97 Å². The van der Waals surface area contributed by atoms with Gasteiger partial charge in [-0.25, -0.2) is 9.79 Å². The topological polar surface area (TPSA) is 57.1 Å². The number of nitrogens with zero attached hydrogens (tertiary/aromatic N) is 1. The molecule has 2 aromatic rings. The van der Waals surface area contributed by atoms with Gasteiger partial charge in [0.15, 0.2) is 17.2 Å². The number of ether oxygens (including phenoxy) is 3. The highest BCUT2D eigenvalue weighted by Gasteiger charge is 2.25. The summed E-state index contributed by atoms with van der Waals surface area (Å²) in [4.78, 5) is 16.4. The van der Waals surface area contributed by atoms with Crippen molar-refractivity contribution in [2.75, 3.05) is 13.7 Å². The van der Waals surface area contributed by atoms with Crippen LogP contribution in [0.3, 0.4) is 0 Å². The summed E-state index contributed by atoms with van der Waals surface area (Å²) < 4.78 is 16.1. The first-order valence-corrected chi connectivity index (χ1v) is 8.19. The van der Waals surface area contributed by atoms with E-state index >= 15 is 0 Å². The fraction of sp³-hybridized carbons (Fsp3) is 0.100. The van der Waals surface area contributed by atoms with Gasteiger partial charge in [0.2, 0.25) is 5.90 Å². The molecule has 0 bridgehead atoms. The number of hydrogen-bond acceptors (Lipinski definition) is 5. The molecular formula is C20H16ClNO4. The Morgan fingerprint density at radius 2 is 2.04 bits per heavy atom. The third-order valence-electron chi connectivity index (χ3n) is 3.57. The van der Waals surface area contributed by atoms with Crippen LogP contribution < -0.4 is 9.47 Å². The maximum atomic E-state index is 12.1. The number of methoxy groups -OCH3 is 1. The molecule has 1 aliphatic rings. The molecule has 1 aliphatic heterocycles. The highest BCUT2D eigenvalue weighted by atomic mass is 35.5. The summed E-state index contributed by atoms with van der Waals surface area (Å²) in [7, 11) is 1.55. The van der Waals surface area contributed by atoms with Crippen LogP contribution in [0.1, 0.15) is 11.1 Å². The van der Waals surface area contributed by atoms with Gasteiger partial charge in [-0.05, 0) is 35.9 Å². The lowest BCUT2D eigenvalue weighted by Gasteiger charge is -2.09. The second-order valence-corrected chi connectivity index (χ2v) is 5.73. The van der Waals surface area contributed by atoms with Crippen molar-refractivity contribution in [2.45, 2.75) is 0 Å². The van der Waals surface area contributed by atoms with E-state index in [1.165, 1.54) is 0 Å². The fourth-order valence-electron chi connectivity index (χ4n) is 2.36. The molecule has 26 heavy (non-hydrogen) atoms. The van der Waals surface area contributed by atoms with Gasteiger partial charge in [-0.3, -0.25) is 0 Å². The minimum absolute atomic E-state index is 0.182. The van der Waals surface area contributed by atoms with Gasteiger partial charge in [0, 0.05) is 0 Å². The van der Waals surface area contributed by atoms with Crippen LogP contribution >= 0.6 is 11.6 Å². The van der Waals surface area contributed by atoms with Crippen LogP contribution in [-0.4, -0.2) is 25.6 Å². The Kier molecular flexibility index (Phi) is 5.39. The smallest absolute Gasteiger partial charge is 0.363 e. The normalized spacial score (nSPS) is 14.8.